The molecule has 0 saturated heterocycles. The van der Waals surface area contributed by atoms with Gasteiger partial charge in [0.05, 0.1) is 21.6 Å². The van der Waals surface area contributed by atoms with E-state index in [0.29, 0.717) is 27.3 Å². The summed E-state index contributed by atoms with van der Waals surface area (Å²) in [6.45, 7) is 5.27. The number of nitrogens with one attached hydrogen (secondary N) is 1. The fourth-order valence-corrected chi connectivity index (χ4v) is 3.09. The standard InChI is InChI=1S/C16H15N3O3S/c1-8-13(23-10(3)17-8)16(21)22-9(2)14-18-12-7-5-4-6-11(12)15(20)19-14/h4-7,9H,1-3H3,(H,18,19,20)/t9-/m1/s1. The number of carbonyl (C=O) groups excluding carboxylic acids is 1. The lowest BCUT2D eigenvalue weighted by atomic mass is 10.2. The van der Waals surface area contributed by atoms with Crippen LogP contribution in [-0.4, -0.2) is 20.9 Å². The molecule has 1 atom stereocenters. The fraction of sp³-hybridized carbons (Fsp3) is 0.250. The largest absolute Gasteiger partial charge is 0.450 e. The second kappa shape index (κ2) is 5.92. The zero-order chi connectivity index (χ0) is 16.6. The van der Waals surface area contributed by atoms with Gasteiger partial charge in [-0.1, -0.05) is 12.1 Å². The number of H-pyrrole nitrogens is 1. The molecule has 0 unspecified atom stereocenters. The number of benzene rings is 1. The Balaban J connectivity index is 1.89. The number of carbonyl (C=O) groups is 1. The minimum absolute atomic E-state index is 0.252. The van der Waals surface area contributed by atoms with Gasteiger partial charge in [0.2, 0.25) is 0 Å². The SMILES string of the molecule is Cc1nc(C)c(C(=O)O[C@H](C)c2nc3ccccc3c(=O)[nH]2)s1. The zero-order valence-electron chi connectivity index (χ0n) is 12.9. The van der Waals surface area contributed by atoms with Crippen LogP contribution in [-0.2, 0) is 4.74 Å². The third-order valence-corrected chi connectivity index (χ3v) is 4.44. The summed E-state index contributed by atoms with van der Waals surface area (Å²) in [4.78, 5) is 36.0. The van der Waals surface area contributed by atoms with Crippen molar-refractivity contribution >= 4 is 28.2 Å². The molecule has 0 saturated carbocycles. The highest BCUT2D eigenvalue weighted by molar-refractivity contribution is 7.13. The fourth-order valence-electron chi connectivity index (χ4n) is 2.29. The van der Waals surface area contributed by atoms with Gasteiger partial charge in [0.15, 0.2) is 11.9 Å². The molecule has 2 aromatic heterocycles. The maximum atomic E-state index is 12.2. The predicted molar refractivity (Wildman–Crippen MR) is 87.8 cm³/mol. The number of ether oxygens (including phenoxy) is 1. The first kappa shape index (κ1) is 15.4. The van der Waals surface area contributed by atoms with Crippen LogP contribution in [0.2, 0.25) is 0 Å². The molecule has 1 N–H and O–H groups in total. The summed E-state index contributed by atoms with van der Waals surface area (Å²) in [7, 11) is 0. The van der Waals surface area contributed by atoms with E-state index >= 15 is 0 Å². The van der Waals surface area contributed by atoms with Crippen molar-refractivity contribution in [3.63, 3.8) is 0 Å². The summed E-state index contributed by atoms with van der Waals surface area (Å²) in [5.41, 5.74) is 0.960. The molecular weight excluding hydrogens is 314 g/mol. The second-order valence-corrected chi connectivity index (χ2v) is 6.37. The van der Waals surface area contributed by atoms with E-state index in [1.54, 1.807) is 38.1 Å². The van der Waals surface area contributed by atoms with Crippen molar-refractivity contribution < 1.29 is 9.53 Å². The Morgan fingerprint density at radius 2 is 2.00 bits per heavy atom. The number of para-hydroxylation sites is 1. The minimum atomic E-state index is -0.665. The third-order valence-electron chi connectivity index (χ3n) is 3.39. The van der Waals surface area contributed by atoms with E-state index in [1.165, 1.54) is 11.3 Å². The Kier molecular flexibility index (Phi) is 3.96. The quantitative estimate of drug-likeness (QED) is 0.747. The molecule has 0 spiro atoms. The van der Waals surface area contributed by atoms with Gasteiger partial charge in [-0.2, -0.15) is 0 Å². The van der Waals surface area contributed by atoms with E-state index in [0.717, 1.165) is 5.01 Å². The lowest BCUT2D eigenvalue weighted by Crippen LogP contribution is -2.17. The first-order valence-corrected chi connectivity index (χ1v) is 7.91. The summed E-state index contributed by atoms with van der Waals surface area (Å²) in [6.07, 6.45) is -0.665. The Morgan fingerprint density at radius 3 is 2.70 bits per heavy atom. The summed E-state index contributed by atoms with van der Waals surface area (Å²) >= 11 is 1.29. The van der Waals surface area contributed by atoms with Crippen molar-refractivity contribution in [2.45, 2.75) is 26.9 Å². The van der Waals surface area contributed by atoms with Crippen LogP contribution in [0.25, 0.3) is 10.9 Å². The lowest BCUT2D eigenvalue weighted by Gasteiger charge is -2.12. The Morgan fingerprint density at radius 1 is 1.26 bits per heavy atom. The molecule has 1 aromatic carbocycles. The first-order chi connectivity index (χ1) is 11.0. The van der Waals surface area contributed by atoms with Crippen LogP contribution < -0.4 is 5.56 Å². The van der Waals surface area contributed by atoms with Gasteiger partial charge in [0, 0.05) is 0 Å². The van der Waals surface area contributed by atoms with Crippen molar-refractivity contribution in [2.75, 3.05) is 0 Å². The number of rotatable bonds is 3. The van der Waals surface area contributed by atoms with Gasteiger partial charge in [0.1, 0.15) is 4.88 Å². The smallest absolute Gasteiger partial charge is 0.350 e. The summed E-state index contributed by atoms with van der Waals surface area (Å²) in [5.74, 6) is -0.141. The van der Waals surface area contributed by atoms with E-state index in [4.69, 9.17) is 4.74 Å². The first-order valence-electron chi connectivity index (χ1n) is 7.09. The molecule has 6 nitrogen and oxygen atoms in total. The zero-order valence-corrected chi connectivity index (χ0v) is 13.7. The van der Waals surface area contributed by atoms with Crippen LogP contribution in [0.15, 0.2) is 29.1 Å². The van der Waals surface area contributed by atoms with Gasteiger partial charge in [0.25, 0.3) is 5.56 Å². The number of hydrogen-bond acceptors (Lipinski definition) is 6. The number of fused-ring (bicyclic) bond motifs is 1. The number of aromatic nitrogens is 3. The lowest BCUT2D eigenvalue weighted by molar-refractivity contribution is 0.0325. The molecule has 0 radical (unpaired) electrons. The topological polar surface area (TPSA) is 84.9 Å². The number of aryl methyl sites for hydroxylation is 2. The van der Waals surface area contributed by atoms with Crippen molar-refractivity contribution in [3.8, 4) is 0 Å². The maximum Gasteiger partial charge on any atom is 0.350 e. The molecule has 0 aliphatic carbocycles. The molecule has 118 valence electrons. The highest BCUT2D eigenvalue weighted by Crippen LogP contribution is 2.22. The molecule has 0 amide bonds. The highest BCUT2D eigenvalue weighted by Gasteiger charge is 2.20. The van der Waals surface area contributed by atoms with Crippen molar-refractivity contribution in [1.29, 1.82) is 0 Å². The summed E-state index contributed by atoms with van der Waals surface area (Å²) in [6, 6.07) is 7.03. The molecule has 2 heterocycles. The van der Waals surface area contributed by atoms with E-state index < -0.39 is 12.1 Å². The Bertz CT molecular complexity index is 945. The van der Waals surface area contributed by atoms with Crippen LogP contribution in [0.4, 0.5) is 0 Å². The summed E-state index contributed by atoms with van der Waals surface area (Å²) in [5, 5.41) is 1.31. The van der Waals surface area contributed by atoms with E-state index in [2.05, 4.69) is 15.0 Å². The van der Waals surface area contributed by atoms with Crippen LogP contribution in [0.1, 0.15) is 39.2 Å². The van der Waals surface area contributed by atoms with Crippen LogP contribution in [0.5, 0.6) is 0 Å². The molecule has 0 fully saturated rings. The van der Waals surface area contributed by atoms with Gasteiger partial charge in [-0.05, 0) is 32.9 Å². The third kappa shape index (κ3) is 3.00. The minimum Gasteiger partial charge on any atom is -0.450 e. The molecule has 3 aromatic rings. The van der Waals surface area contributed by atoms with Gasteiger partial charge in [-0.15, -0.1) is 11.3 Å². The monoisotopic (exact) mass is 329 g/mol. The summed E-state index contributed by atoms with van der Waals surface area (Å²) < 4.78 is 5.42. The van der Waals surface area contributed by atoms with Crippen molar-refractivity contribution in [3.05, 3.63) is 56.0 Å². The molecule has 3 rings (SSSR count). The van der Waals surface area contributed by atoms with Gasteiger partial charge >= 0.3 is 5.97 Å². The average molecular weight is 329 g/mol. The van der Waals surface area contributed by atoms with Crippen molar-refractivity contribution in [2.24, 2.45) is 0 Å². The second-order valence-electron chi connectivity index (χ2n) is 5.16. The van der Waals surface area contributed by atoms with Gasteiger partial charge < -0.3 is 9.72 Å². The van der Waals surface area contributed by atoms with E-state index in [1.807, 2.05) is 6.92 Å². The maximum absolute atomic E-state index is 12.2. The number of thiazole rings is 1. The van der Waals surface area contributed by atoms with Gasteiger partial charge in [-0.25, -0.2) is 14.8 Å². The Hall–Kier alpha value is -2.54. The molecular formula is C16H15N3O3S. The van der Waals surface area contributed by atoms with Crippen molar-refractivity contribution in [1.82, 2.24) is 15.0 Å². The van der Waals surface area contributed by atoms with Crippen LogP contribution in [0, 0.1) is 13.8 Å². The molecule has 0 aliphatic rings. The molecule has 0 aliphatic heterocycles. The van der Waals surface area contributed by atoms with Gasteiger partial charge in [-0.3, -0.25) is 4.79 Å². The van der Waals surface area contributed by atoms with Crippen LogP contribution in [0.3, 0.4) is 0 Å². The molecule has 23 heavy (non-hydrogen) atoms. The molecule has 0 bridgehead atoms. The van der Waals surface area contributed by atoms with E-state index in [-0.39, 0.29) is 5.56 Å². The number of hydrogen-bond donors (Lipinski definition) is 1. The highest BCUT2D eigenvalue weighted by atomic mass is 32.1. The predicted octanol–water partition coefficient (Wildman–Crippen LogP) is 2.91. The van der Waals surface area contributed by atoms with Crippen LogP contribution >= 0.6 is 11.3 Å². The number of esters is 1. The number of aromatic amines is 1. The van der Waals surface area contributed by atoms with E-state index in [9.17, 15) is 9.59 Å². The Labute approximate surface area is 136 Å². The number of nitrogens with zero attached hydrogens (tertiary/aromatic N) is 2. The average Bonchev–Trinajstić information content (AvgIpc) is 2.86. The molecule has 7 heteroatoms. The normalized spacial score (nSPS) is 12.3.